The van der Waals surface area contributed by atoms with Gasteiger partial charge in [-0.1, -0.05) is 11.6 Å². The van der Waals surface area contributed by atoms with Gasteiger partial charge in [0.25, 0.3) is 10.2 Å². The van der Waals surface area contributed by atoms with Crippen molar-refractivity contribution in [1.29, 1.82) is 0 Å². The van der Waals surface area contributed by atoms with Crippen molar-refractivity contribution in [2.45, 2.75) is 25.0 Å². The Balaban J connectivity index is 1.70. The molecule has 0 saturated carbocycles. The highest BCUT2D eigenvalue weighted by Gasteiger charge is 2.42. The molecule has 162 valence electrons. The molecule has 10 nitrogen and oxygen atoms in total. The summed E-state index contributed by atoms with van der Waals surface area (Å²) < 4.78 is 41.2. The van der Waals surface area contributed by atoms with Crippen molar-refractivity contribution < 1.29 is 22.4 Å². The lowest BCUT2D eigenvalue weighted by atomic mass is 10.1. The number of hydrogen-bond donors (Lipinski definition) is 4. The number of benzene rings is 1. The fourth-order valence-electron chi connectivity index (χ4n) is 2.78. The van der Waals surface area contributed by atoms with Crippen LogP contribution in [0.15, 0.2) is 24.4 Å². The van der Waals surface area contributed by atoms with Crippen molar-refractivity contribution in [3.8, 4) is 0 Å². The molecule has 2 heterocycles. The summed E-state index contributed by atoms with van der Waals surface area (Å²) in [6.45, 7) is 0.118. The van der Waals surface area contributed by atoms with Gasteiger partial charge in [0, 0.05) is 23.8 Å². The number of carbonyl (C=O) groups is 2. The normalized spacial score (nSPS) is 21.2. The Labute approximate surface area is 180 Å². The van der Waals surface area contributed by atoms with E-state index in [2.05, 4.69) is 20.3 Å². The Kier molecular flexibility index (Phi) is 6.57. The van der Waals surface area contributed by atoms with Crippen LogP contribution in [-0.4, -0.2) is 48.7 Å². The van der Waals surface area contributed by atoms with Crippen molar-refractivity contribution in [1.82, 2.24) is 19.3 Å². The third kappa shape index (κ3) is 5.05. The fourth-order valence-corrected chi connectivity index (χ4v) is 4.83. The highest BCUT2D eigenvalue weighted by molar-refractivity contribution is 7.87. The van der Waals surface area contributed by atoms with Crippen LogP contribution in [0.2, 0.25) is 5.02 Å². The minimum Gasteiger partial charge on any atom is -0.375 e. The summed E-state index contributed by atoms with van der Waals surface area (Å²) in [7, 11) is -2.87. The molecule has 2 aromatic rings. The Hall–Kier alpha value is -2.32. The van der Waals surface area contributed by atoms with E-state index in [4.69, 9.17) is 17.3 Å². The van der Waals surface area contributed by atoms with Crippen molar-refractivity contribution in [3.63, 3.8) is 0 Å². The molecule has 1 saturated heterocycles. The number of amides is 2. The van der Waals surface area contributed by atoms with Crippen molar-refractivity contribution in [3.05, 3.63) is 40.1 Å². The maximum atomic E-state index is 13.3. The quantitative estimate of drug-likeness (QED) is 0.499. The van der Waals surface area contributed by atoms with Crippen LogP contribution in [0.5, 0.6) is 0 Å². The fraction of sp³-hybridized carbons (Fsp3) is 0.312. The van der Waals surface area contributed by atoms with Crippen LogP contribution >= 0.6 is 22.9 Å². The van der Waals surface area contributed by atoms with Gasteiger partial charge in [-0.2, -0.15) is 17.4 Å². The van der Waals surface area contributed by atoms with E-state index in [-0.39, 0.29) is 23.7 Å². The summed E-state index contributed by atoms with van der Waals surface area (Å²) in [6, 6.07) is 1.23. The number of halogens is 2. The number of hydrogen-bond acceptors (Lipinski definition) is 7. The standard InChI is InChI=1S/C16H18ClFN6O4S2/c1-24-13(15(26)22-8-2-3-11(18)10(17)4-8)5-12(23-30(24,27)28)14(25)20-6-9-7-21-16(19)29-9/h2-4,7,12-13,23H,5-6H2,1H3,(H2,19,21)(H,20,25)(H,22,26). The van der Waals surface area contributed by atoms with E-state index in [1.807, 2.05) is 0 Å². The molecule has 1 aliphatic heterocycles. The lowest BCUT2D eigenvalue weighted by molar-refractivity contribution is -0.124. The second-order valence-electron chi connectivity index (χ2n) is 6.44. The molecule has 1 aliphatic rings. The topological polar surface area (TPSA) is 147 Å². The number of nitrogens with one attached hydrogen (secondary N) is 3. The minimum atomic E-state index is -4.09. The third-order valence-corrected chi connectivity index (χ3v) is 7.09. The average Bonchev–Trinajstić information content (AvgIpc) is 3.10. The third-order valence-electron chi connectivity index (χ3n) is 4.38. The van der Waals surface area contributed by atoms with Crippen molar-refractivity contribution in [2.75, 3.05) is 18.1 Å². The van der Waals surface area contributed by atoms with Crippen LogP contribution in [0.3, 0.4) is 0 Å². The number of nitrogens with two attached hydrogens (primary N) is 1. The number of carbonyl (C=O) groups excluding carboxylic acids is 2. The molecule has 2 unspecified atom stereocenters. The molecule has 1 aromatic heterocycles. The molecular formula is C16H18ClFN6O4S2. The molecule has 0 radical (unpaired) electrons. The molecule has 2 amide bonds. The number of nitrogen functional groups attached to an aromatic ring is 1. The Morgan fingerprint density at radius 1 is 1.43 bits per heavy atom. The van der Waals surface area contributed by atoms with Crippen LogP contribution in [0, 0.1) is 5.82 Å². The minimum absolute atomic E-state index is 0.118. The van der Waals surface area contributed by atoms with E-state index in [1.54, 1.807) is 0 Å². The zero-order chi connectivity index (χ0) is 22.1. The number of rotatable bonds is 5. The molecule has 1 fully saturated rings. The van der Waals surface area contributed by atoms with Crippen LogP contribution in [0.4, 0.5) is 15.2 Å². The van der Waals surface area contributed by atoms with E-state index >= 15 is 0 Å². The van der Waals surface area contributed by atoms with Gasteiger partial charge in [0.15, 0.2) is 5.13 Å². The van der Waals surface area contributed by atoms with Gasteiger partial charge in [0.1, 0.15) is 17.9 Å². The lowest BCUT2D eigenvalue weighted by Crippen LogP contribution is -2.62. The zero-order valence-electron chi connectivity index (χ0n) is 15.6. The smallest absolute Gasteiger partial charge is 0.280 e. The average molecular weight is 477 g/mol. The number of anilines is 2. The monoisotopic (exact) mass is 476 g/mol. The highest BCUT2D eigenvalue weighted by Crippen LogP contribution is 2.22. The summed E-state index contributed by atoms with van der Waals surface area (Å²) in [5.41, 5.74) is 5.73. The molecule has 30 heavy (non-hydrogen) atoms. The Morgan fingerprint density at radius 2 is 2.17 bits per heavy atom. The first-order valence-corrected chi connectivity index (χ1v) is 11.2. The maximum Gasteiger partial charge on any atom is 0.280 e. The SMILES string of the molecule is CN1C(C(=O)Nc2ccc(F)c(Cl)c2)CC(C(=O)NCc2cnc(N)s2)NS1(=O)=O. The van der Waals surface area contributed by atoms with Gasteiger partial charge >= 0.3 is 0 Å². The number of likely N-dealkylation sites (N-methyl/N-ethyl adjacent to an activating group) is 1. The van der Waals surface area contributed by atoms with Gasteiger partial charge in [-0.3, -0.25) is 9.59 Å². The molecule has 1 aromatic carbocycles. The Bertz CT molecular complexity index is 1080. The predicted octanol–water partition coefficient (Wildman–Crippen LogP) is 0.680. The summed E-state index contributed by atoms with van der Waals surface area (Å²) >= 11 is 6.89. The first-order chi connectivity index (χ1) is 14.1. The van der Waals surface area contributed by atoms with E-state index < -0.39 is 39.9 Å². The molecule has 3 rings (SSSR count). The summed E-state index contributed by atoms with van der Waals surface area (Å²) in [4.78, 5) is 29.7. The van der Waals surface area contributed by atoms with Crippen LogP contribution in [0.25, 0.3) is 0 Å². The van der Waals surface area contributed by atoms with Gasteiger partial charge < -0.3 is 16.4 Å². The van der Waals surface area contributed by atoms with Gasteiger partial charge in [-0.25, -0.2) is 9.37 Å². The summed E-state index contributed by atoms with van der Waals surface area (Å²) in [5, 5.41) is 5.24. The Morgan fingerprint density at radius 3 is 2.80 bits per heavy atom. The molecule has 5 N–H and O–H groups in total. The van der Waals surface area contributed by atoms with Gasteiger partial charge in [0.05, 0.1) is 11.6 Å². The number of aromatic nitrogens is 1. The second kappa shape index (κ2) is 8.81. The second-order valence-corrected chi connectivity index (χ2v) is 9.76. The highest BCUT2D eigenvalue weighted by atomic mass is 35.5. The first kappa shape index (κ1) is 22.4. The van der Waals surface area contributed by atoms with Gasteiger partial charge in [-0.15, -0.1) is 11.3 Å². The van der Waals surface area contributed by atoms with Crippen LogP contribution in [-0.2, 0) is 26.3 Å². The first-order valence-electron chi connectivity index (χ1n) is 8.56. The summed E-state index contributed by atoms with van der Waals surface area (Å²) in [5.74, 6) is -1.93. The van der Waals surface area contributed by atoms with E-state index in [1.165, 1.54) is 36.7 Å². The van der Waals surface area contributed by atoms with E-state index in [9.17, 15) is 22.4 Å². The number of nitrogens with zero attached hydrogens (tertiary/aromatic N) is 2. The van der Waals surface area contributed by atoms with E-state index in [0.29, 0.717) is 10.0 Å². The molecule has 2 atom stereocenters. The summed E-state index contributed by atoms with van der Waals surface area (Å²) in [6.07, 6.45) is 1.39. The molecule has 0 aliphatic carbocycles. The largest absolute Gasteiger partial charge is 0.375 e. The zero-order valence-corrected chi connectivity index (χ0v) is 17.9. The molecule has 0 spiro atoms. The predicted molar refractivity (Wildman–Crippen MR) is 110 cm³/mol. The molecular weight excluding hydrogens is 459 g/mol. The van der Waals surface area contributed by atoms with Gasteiger partial charge in [-0.05, 0) is 24.6 Å². The number of thiazole rings is 1. The molecule has 0 bridgehead atoms. The lowest BCUT2D eigenvalue weighted by Gasteiger charge is -2.35. The van der Waals surface area contributed by atoms with Crippen molar-refractivity contribution >= 4 is 55.8 Å². The van der Waals surface area contributed by atoms with Crippen molar-refractivity contribution in [2.24, 2.45) is 0 Å². The van der Waals surface area contributed by atoms with Crippen LogP contribution < -0.4 is 21.1 Å². The molecule has 14 heteroatoms. The van der Waals surface area contributed by atoms with Crippen LogP contribution in [0.1, 0.15) is 11.3 Å². The van der Waals surface area contributed by atoms with Gasteiger partial charge in [0.2, 0.25) is 11.8 Å². The van der Waals surface area contributed by atoms with E-state index in [0.717, 1.165) is 10.4 Å². The maximum absolute atomic E-state index is 13.3.